The molecule has 0 saturated carbocycles. The summed E-state index contributed by atoms with van der Waals surface area (Å²) < 4.78 is 47.1. The number of piperidine rings is 1. The summed E-state index contributed by atoms with van der Waals surface area (Å²) in [5, 5.41) is 9.86. The van der Waals surface area contributed by atoms with E-state index in [9.17, 15) is 18.7 Å². The van der Waals surface area contributed by atoms with Crippen molar-refractivity contribution < 1.29 is 32.9 Å². The van der Waals surface area contributed by atoms with Crippen molar-refractivity contribution in [3.63, 3.8) is 0 Å². The second-order valence-electron chi connectivity index (χ2n) is 10.6. The van der Waals surface area contributed by atoms with Crippen LogP contribution in [0.1, 0.15) is 52.2 Å². The van der Waals surface area contributed by atoms with Gasteiger partial charge in [0.1, 0.15) is 42.8 Å². The third-order valence-corrected chi connectivity index (χ3v) is 8.22. The molecular weight excluding hydrogens is 568 g/mol. The maximum Gasteiger partial charge on any atom is 0.335 e. The zero-order valence-corrected chi connectivity index (χ0v) is 23.7. The Labute approximate surface area is 246 Å². The van der Waals surface area contributed by atoms with Gasteiger partial charge < -0.3 is 23.9 Å². The van der Waals surface area contributed by atoms with Crippen molar-refractivity contribution in [3.05, 3.63) is 81.9 Å². The summed E-state index contributed by atoms with van der Waals surface area (Å²) in [5.74, 6) is 1.06. The Morgan fingerprint density at radius 2 is 1.98 bits per heavy atom. The quantitative estimate of drug-likeness (QED) is 0.255. The zero-order valence-electron chi connectivity index (χ0n) is 23.0. The third-order valence-electron chi connectivity index (χ3n) is 7.99. The van der Waals surface area contributed by atoms with Gasteiger partial charge in [0.2, 0.25) is 0 Å². The Morgan fingerprint density at radius 1 is 1.17 bits per heavy atom. The maximum absolute atomic E-state index is 14.6. The minimum atomic E-state index is -1.09. The topological polar surface area (TPSA) is 86.0 Å². The molecule has 6 rings (SSSR count). The van der Waals surface area contributed by atoms with E-state index in [1.165, 1.54) is 12.1 Å². The van der Waals surface area contributed by atoms with Crippen molar-refractivity contribution in [1.29, 1.82) is 0 Å². The van der Waals surface area contributed by atoms with Crippen LogP contribution in [0.2, 0.25) is 5.02 Å². The van der Waals surface area contributed by atoms with Gasteiger partial charge in [0.15, 0.2) is 17.6 Å². The fraction of sp³-hybridized carbons (Fsp3) is 0.355. The van der Waals surface area contributed by atoms with Gasteiger partial charge in [-0.25, -0.2) is 18.6 Å². The predicted octanol–water partition coefficient (Wildman–Crippen LogP) is 6.30. The number of likely N-dealkylation sites (tertiary alicyclic amines) is 1. The largest absolute Gasteiger partial charge is 0.488 e. The van der Waals surface area contributed by atoms with Crippen molar-refractivity contribution in [3.8, 4) is 17.2 Å². The first-order valence-electron chi connectivity index (χ1n) is 13.8. The van der Waals surface area contributed by atoms with Crippen LogP contribution < -0.4 is 14.2 Å². The number of fused-ring (bicyclic) bond motifs is 2. The number of para-hydroxylation sites is 1. The highest BCUT2D eigenvalue weighted by molar-refractivity contribution is 6.30. The van der Waals surface area contributed by atoms with Crippen LogP contribution in [0.5, 0.6) is 17.2 Å². The molecule has 0 unspecified atom stereocenters. The number of carboxylic acid groups (broad SMARTS) is 1. The van der Waals surface area contributed by atoms with Crippen LogP contribution in [-0.4, -0.2) is 58.5 Å². The van der Waals surface area contributed by atoms with Gasteiger partial charge in [-0.05, 0) is 62.2 Å². The van der Waals surface area contributed by atoms with E-state index in [0.29, 0.717) is 39.7 Å². The monoisotopic (exact) mass is 597 g/mol. The normalized spacial score (nSPS) is 17.5. The SMILES string of the molecule is Cn1c(CN2CCC(c3cccc4c3O[C@@H](c3ccc(Cl)cc3F)CO4)CC2)nc2c(OCCF)cc(C(=O)O)cc21. The molecule has 2 aliphatic rings. The number of nitrogens with zero attached hydrogens (tertiary/aromatic N) is 3. The average molecular weight is 598 g/mol. The highest BCUT2D eigenvalue weighted by Gasteiger charge is 2.31. The molecule has 1 N–H and O–H groups in total. The maximum atomic E-state index is 14.6. The van der Waals surface area contributed by atoms with Crippen LogP contribution >= 0.6 is 11.6 Å². The van der Waals surface area contributed by atoms with E-state index in [2.05, 4.69) is 4.90 Å². The molecule has 3 aromatic carbocycles. The summed E-state index contributed by atoms with van der Waals surface area (Å²) in [7, 11) is 1.84. The molecule has 0 aliphatic carbocycles. The molecule has 0 radical (unpaired) electrons. The van der Waals surface area contributed by atoms with E-state index in [0.717, 1.165) is 37.3 Å². The Balaban J connectivity index is 1.17. The fourth-order valence-corrected chi connectivity index (χ4v) is 5.94. The number of halogens is 3. The molecule has 1 saturated heterocycles. The summed E-state index contributed by atoms with van der Waals surface area (Å²) in [5.41, 5.74) is 2.65. The molecule has 0 spiro atoms. The second kappa shape index (κ2) is 11.8. The number of carbonyl (C=O) groups is 1. The number of hydrogen-bond acceptors (Lipinski definition) is 6. The first-order chi connectivity index (χ1) is 20.3. The van der Waals surface area contributed by atoms with E-state index < -0.39 is 24.6 Å². The van der Waals surface area contributed by atoms with E-state index in [4.69, 9.17) is 30.8 Å². The molecule has 1 fully saturated rings. The number of aromatic nitrogens is 2. The molecule has 2 aliphatic heterocycles. The first kappa shape index (κ1) is 28.2. The fourth-order valence-electron chi connectivity index (χ4n) is 5.78. The van der Waals surface area contributed by atoms with Crippen molar-refractivity contribution in [2.45, 2.75) is 31.4 Å². The summed E-state index contributed by atoms with van der Waals surface area (Å²) in [6, 6.07) is 13.4. The molecule has 8 nitrogen and oxygen atoms in total. The van der Waals surface area contributed by atoms with Gasteiger partial charge in [-0.15, -0.1) is 0 Å². The van der Waals surface area contributed by atoms with Crippen molar-refractivity contribution in [1.82, 2.24) is 14.5 Å². The van der Waals surface area contributed by atoms with Gasteiger partial charge in [0.05, 0.1) is 17.6 Å². The summed E-state index contributed by atoms with van der Waals surface area (Å²) >= 11 is 5.94. The Kier molecular flexibility index (Phi) is 7.92. The number of rotatable bonds is 8. The molecule has 4 aromatic rings. The Hall–Kier alpha value is -3.89. The number of alkyl halides is 1. The predicted molar refractivity (Wildman–Crippen MR) is 153 cm³/mol. The molecule has 0 bridgehead atoms. The number of aromatic carboxylic acids is 1. The van der Waals surface area contributed by atoms with Gasteiger partial charge in [0.25, 0.3) is 0 Å². The summed E-state index contributed by atoms with van der Waals surface area (Å²) in [4.78, 5) is 18.7. The minimum absolute atomic E-state index is 0.0603. The molecular formula is C31H30ClF2N3O5. The molecule has 1 atom stereocenters. The standard InChI is InChI=1S/C31H30ClF2N3O5/c1-36-24-13-19(31(38)39)14-26(40-12-9-33)29(24)35-28(36)16-37-10-7-18(8-11-37)21-3-2-4-25-30(21)42-27(17-41-25)22-6-5-20(32)15-23(22)34/h2-6,13-15,18,27H,7-12,16-17H2,1H3,(H,38,39)/t27-/m1/s1. The number of carboxylic acids is 1. The smallest absolute Gasteiger partial charge is 0.335 e. The van der Waals surface area contributed by atoms with Crippen LogP contribution in [0.15, 0.2) is 48.5 Å². The van der Waals surface area contributed by atoms with E-state index >= 15 is 0 Å². The molecule has 1 aromatic heterocycles. The van der Waals surface area contributed by atoms with Gasteiger partial charge in [-0.2, -0.15) is 0 Å². The van der Waals surface area contributed by atoms with Crippen LogP contribution in [0.4, 0.5) is 8.78 Å². The lowest BCUT2D eigenvalue weighted by Gasteiger charge is -2.35. The van der Waals surface area contributed by atoms with Crippen LogP contribution in [0.25, 0.3) is 11.0 Å². The lowest BCUT2D eigenvalue weighted by molar-refractivity contribution is 0.0696. The van der Waals surface area contributed by atoms with Gasteiger partial charge >= 0.3 is 5.97 Å². The van der Waals surface area contributed by atoms with Crippen LogP contribution in [0, 0.1) is 5.82 Å². The van der Waals surface area contributed by atoms with Crippen LogP contribution in [-0.2, 0) is 13.6 Å². The Morgan fingerprint density at radius 3 is 2.71 bits per heavy atom. The van der Waals surface area contributed by atoms with Crippen molar-refractivity contribution >= 4 is 28.6 Å². The summed E-state index contributed by atoms with van der Waals surface area (Å²) in [6.07, 6.45) is 1.17. The van der Waals surface area contributed by atoms with Crippen molar-refractivity contribution in [2.75, 3.05) is 33.0 Å². The van der Waals surface area contributed by atoms with E-state index in [1.54, 1.807) is 18.2 Å². The number of benzene rings is 3. The number of aryl methyl sites for hydroxylation is 1. The lowest BCUT2D eigenvalue weighted by atomic mass is 9.88. The highest BCUT2D eigenvalue weighted by Crippen LogP contribution is 2.45. The molecule has 42 heavy (non-hydrogen) atoms. The number of imidazole rings is 1. The van der Waals surface area contributed by atoms with Gasteiger partial charge in [-0.1, -0.05) is 29.8 Å². The third kappa shape index (κ3) is 5.48. The highest BCUT2D eigenvalue weighted by atomic mass is 35.5. The summed E-state index contributed by atoms with van der Waals surface area (Å²) in [6.45, 7) is 1.52. The lowest BCUT2D eigenvalue weighted by Crippen LogP contribution is -2.33. The minimum Gasteiger partial charge on any atom is -0.488 e. The van der Waals surface area contributed by atoms with Gasteiger partial charge in [-0.3, -0.25) is 4.90 Å². The van der Waals surface area contributed by atoms with E-state index in [-0.39, 0.29) is 30.4 Å². The zero-order chi connectivity index (χ0) is 29.4. The molecule has 0 amide bonds. The molecule has 220 valence electrons. The van der Waals surface area contributed by atoms with Crippen LogP contribution in [0.3, 0.4) is 0 Å². The second-order valence-corrected chi connectivity index (χ2v) is 11.0. The van der Waals surface area contributed by atoms with E-state index in [1.807, 2.05) is 29.8 Å². The average Bonchev–Trinajstić information content (AvgIpc) is 3.30. The van der Waals surface area contributed by atoms with Crippen molar-refractivity contribution in [2.24, 2.45) is 7.05 Å². The molecule has 11 heteroatoms. The van der Waals surface area contributed by atoms with Gasteiger partial charge in [0, 0.05) is 23.2 Å². The number of ether oxygens (including phenoxy) is 3. The first-order valence-corrected chi connectivity index (χ1v) is 14.2. The number of hydrogen-bond donors (Lipinski definition) is 1. The molecule has 3 heterocycles. The Bertz CT molecular complexity index is 1640.